The van der Waals surface area contributed by atoms with Gasteiger partial charge in [-0.1, -0.05) is 24.3 Å². The third kappa shape index (κ3) is 3.36. The van der Waals surface area contributed by atoms with E-state index in [1.54, 1.807) is 0 Å². The van der Waals surface area contributed by atoms with Gasteiger partial charge in [0.25, 0.3) is 0 Å². The van der Waals surface area contributed by atoms with Crippen molar-refractivity contribution in [2.45, 2.75) is 26.6 Å². The maximum absolute atomic E-state index is 13.0. The quantitative estimate of drug-likeness (QED) is 0.900. The van der Waals surface area contributed by atoms with E-state index in [-0.39, 0.29) is 17.9 Å². The molecule has 0 fully saturated rings. The van der Waals surface area contributed by atoms with Gasteiger partial charge < -0.3 is 10.5 Å². The highest BCUT2D eigenvalue weighted by molar-refractivity contribution is 5.45. The van der Waals surface area contributed by atoms with Gasteiger partial charge in [0.05, 0.1) is 5.56 Å². The van der Waals surface area contributed by atoms with Gasteiger partial charge in [0.1, 0.15) is 11.5 Å². The van der Waals surface area contributed by atoms with E-state index in [0.29, 0.717) is 5.75 Å². The van der Waals surface area contributed by atoms with Crippen molar-refractivity contribution < 1.29 is 17.9 Å². The number of aryl methyl sites for hydroxylation is 2. The van der Waals surface area contributed by atoms with Gasteiger partial charge in [-0.3, -0.25) is 0 Å². The number of rotatable bonds is 3. The molecule has 21 heavy (non-hydrogen) atoms. The molecule has 0 spiro atoms. The van der Waals surface area contributed by atoms with E-state index < -0.39 is 11.7 Å². The first-order valence-corrected chi connectivity index (χ1v) is 6.47. The molecule has 2 N–H and O–H groups in total. The summed E-state index contributed by atoms with van der Waals surface area (Å²) < 4.78 is 44.6. The lowest BCUT2D eigenvalue weighted by atomic mass is 10.1. The van der Waals surface area contributed by atoms with Gasteiger partial charge >= 0.3 is 6.18 Å². The lowest BCUT2D eigenvalue weighted by Crippen LogP contribution is -2.12. The van der Waals surface area contributed by atoms with E-state index >= 15 is 0 Å². The maximum Gasteiger partial charge on any atom is 0.416 e. The van der Waals surface area contributed by atoms with Crippen LogP contribution in [0.2, 0.25) is 0 Å². The van der Waals surface area contributed by atoms with Crippen LogP contribution in [0.4, 0.5) is 13.2 Å². The first-order valence-electron chi connectivity index (χ1n) is 6.47. The van der Waals surface area contributed by atoms with Gasteiger partial charge in [0.2, 0.25) is 0 Å². The Balaban J connectivity index is 2.42. The van der Waals surface area contributed by atoms with Gasteiger partial charge in [0, 0.05) is 6.54 Å². The van der Waals surface area contributed by atoms with Crippen molar-refractivity contribution in [2.24, 2.45) is 5.73 Å². The van der Waals surface area contributed by atoms with Gasteiger partial charge in [-0.25, -0.2) is 0 Å². The lowest BCUT2D eigenvalue weighted by molar-refractivity contribution is -0.138. The average molecular weight is 295 g/mol. The molecule has 0 aliphatic heterocycles. The Labute approximate surface area is 121 Å². The third-order valence-corrected chi connectivity index (χ3v) is 3.24. The number of hydrogen-bond donors (Lipinski definition) is 1. The van der Waals surface area contributed by atoms with E-state index in [4.69, 9.17) is 10.5 Å². The maximum atomic E-state index is 13.0. The Kier molecular flexibility index (Phi) is 4.23. The number of nitrogens with two attached hydrogens (primary N) is 1. The molecule has 0 bridgehead atoms. The van der Waals surface area contributed by atoms with Crippen LogP contribution in [0.5, 0.6) is 11.5 Å². The van der Waals surface area contributed by atoms with Crippen LogP contribution < -0.4 is 10.5 Å². The fraction of sp³-hybridized carbons (Fsp3) is 0.250. The first-order chi connectivity index (χ1) is 9.82. The van der Waals surface area contributed by atoms with Crippen LogP contribution in [0, 0.1) is 13.8 Å². The second kappa shape index (κ2) is 5.77. The summed E-state index contributed by atoms with van der Waals surface area (Å²) in [6.07, 6.45) is -4.45. The minimum Gasteiger partial charge on any atom is -0.457 e. The van der Waals surface area contributed by atoms with Crippen LogP contribution in [0.15, 0.2) is 36.4 Å². The van der Waals surface area contributed by atoms with Crippen LogP contribution in [0.1, 0.15) is 22.3 Å². The fourth-order valence-corrected chi connectivity index (χ4v) is 2.14. The second-order valence-corrected chi connectivity index (χ2v) is 4.84. The van der Waals surface area contributed by atoms with Crippen molar-refractivity contribution in [2.75, 3.05) is 0 Å². The molecule has 0 aliphatic rings. The fourth-order valence-electron chi connectivity index (χ4n) is 2.14. The van der Waals surface area contributed by atoms with Crippen molar-refractivity contribution in [3.8, 4) is 11.5 Å². The number of ether oxygens (including phenoxy) is 1. The minimum atomic E-state index is -4.45. The molecule has 0 saturated carbocycles. The zero-order valence-corrected chi connectivity index (χ0v) is 11.8. The van der Waals surface area contributed by atoms with E-state index in [1.807, 2.05) is 32.0 Å². The Morgan fingerprint density at radius 3 is 2.19 bits per heavy atom. The molecule has 0 aliphatic carbocycles. The average Bonchev–Trinajstić information content (AvgIpc) is 2.42. The molecule has 0 radical (unpaired) electrons. The molecule has 112 valence electrons. The first kappa shape index (κ1) is 15.4. The van der Waals surface area contributed by atoms with Crippen LogP contribution >= 0.6 is 0 Å². The number of para-hydroxylation sites is 1. The van der Waals surface area contributed by atoms with Crippen LogP contribution in [-0.2, 0) is 12.7 Å². The summed E-state index contributed by atoms with van der Waals surface area (Å²) >= 11 is 0. The standard InChI is InChI=1S/C16H16F3NO/c1-10-4-3-5-11(2)15(10)21-13-7-6-12(9-20)14(8-13)16(17,18)19/h3-8H,9,20H2,1-2H3. The Morgan fingerprint density at radius 2 is 1.67 bits per heavy atom. The van der Waals surface area contributed by atoms with Crippen LogP contribution in [0.3, 0.4) is 0 Å². The summed E-state index contributed by atoms with van der Waals surface area (Å²) in [5.74, 6) is 0.725. The SMILES string of the molecule is Cc1cccc(C)c1Oc1ccc(CN)c(C(F)(F)F)c1. The molecule has 5 heteroatoms. The Morgan fingerprint density at radius 1 is 1.05 bits per heavy atom. The number of hydrogen-bond acceptors (Lipinski definition) is 2. The number of halogens is 3. The predicted octanol–water partition coefficient (Wildman–Crippen LogP) is 4.57. The molecule has 2 aromatic rings. The van der Waals surface area contributed by atoms with Crippen molar-refractivity contribution in [3.05, 3.63) is 58.7 Å². The van der Waals surface area contributed by atoms with E-state index in [1.165, 1.54) is 12.1 Å². The zero-order valence-electron chi connectivity index (χ0n) is 11.8. The molecule has 2 rings (SSSR count). The number of benzene rings is 2. The molecule has 2 aromatic carbocycles. The zero-order chi connectivity index (χ0) is 15.6. The molecular weight excluding hydrogens is 279 g/mol. The molecule has 0 unspecified atom stereocenters. The summed E-state index contributed by atoms with van der Waals surface area (Å²) in [6, 6.07) is 9.42. The summed E-state index contributed by atoms with van der Waals surface area (Å²) in [6.45, 7) is 3.53. The summed E-state index contributed by atoms with van der Waals surface area (Å²) in [4.78, 5) is 0. The monoisotopic (exact) mass is 295 g/mol. The highest BCUT2D eigenvalue weighted by Gasteiger charge is 2.33. The Hall–Kier alpha value is -2.01. The minimum absolute atomic E-state index is 0.0522. The van der Waals surface area contributed by atoms with Gasteiger partial charge in [0.15, 0.2) is 0 Å². The summed E-state index contributed by atoms with van der Waals surface area (Å²) in [7, 11) is 0. The van der Waals surface area contributed by atoms with E-state index in [2.05, 4.69) is 0 Å². The van der Waals surface area contributed by atoms with Crippen molar-refractivity contribution in [1.82, 2.24) is 0 Å². The summed E-state index contributed by atoms with van der Waals surface area (Å²) in [5.41, 5.74) is 6.39. The summed E-state index contributed by atoms with van der Waals surface area (Å²) in [5, 5.41) is 0. The van der Waals surface area contributed by atoms with Crippen LogP contribution in [0.25, 0.3) is 0 Å². The molecule has 0 amide bonds. The second-order valence-electron chi connectivity index (χ2n) is 4.84. The molecule has 0 atom stereocenters. The largest absolute Gasteiger partial charge is 0.457 e. The molecule has 0 aromatic heterocycles. The highest BCUT2D eigenvalue weighted by atomic mass is 19.4. The van der Waals surface area contributed by atoms with Crippen molar-refractivity contribution in [3.63, 3.8) is 0 Å². The predicted molar refractivity (Wildman–Crippen MR) is 75.3 cm³/mol. The van der Waals surface area contributed by atoms with Gasteiger partial charge in [-0.2, -0.15) is 13.2 Å². The molecule has 0 saturated heterocycles. The lowest BCUT2D eigenvalue weighted by Gasteiger charge is -2.15. The van der Waals surface area contributed by atoms with Crippen molar-refractivity contribution in [1.29, 1.82) is 0 Å². The van der Waals surface area contributed by atoms with Gasteiger partial charge in [-0.05, 0) is 42.7 Å². The van der Waals surface area contributed by atoms with E-state index in [9.17, 15) is 13.2 Å². The topological polar surface area (TPSA) is 35.2 Å². The van der Waals surface area contributed by atoms with Crippen LogP contribution in [-0.4, -0.2) is 0 Å². The molecule has 2 nitrogen and oxygen atoms in total. The number of alkyl halides is 3. The van der Waals surface area contributed by atoms with Gasteiger partial charge in [-0.15, -0.1) is 0 Å². The molecule has 0 heterocycles. The third-order valence-electron chi connectivity index (χ3n) is 3.24. The van der Waals surface area contributed by atoms with E-state index in [0.717, 1.165) is 17.2 Å². The van der Waals surface area contributed by atoms with Crippen molar-refractivity contribution >= 4 is 0 Å². The smallest absolute Gasteiger partial charge is 0.416 e. The normalized spacial score (nSPS) is 11.5. The Bertz CT molecular complexity index is 630. The highest BCUT2D eigenvalue weighted by Crippen LogP contribution is 2.36. The molecular formula is C16H16F3NO.